The van der Waals surface area contributed by atoms with Crippen molar-refractivity contribution in [2.24, 2.45) is 0 Å². The molecule has 0 aromatic heterocycles. The summed E-state index contributed by atoms with van der Waals surface area (Å²) in [6, 6.07) is 3.25. The Hall–Kier alpha value is -0.630. The van der Waals surface area contributed by atoms with E-state index in [0.717, 1.165) is 10.0 Å². The van der Waals surface area contributed by atoms with Crippen LogP contribution < -0.4 is 9.46 Å². The summed E-state index contributed by atoms with van der Waals surface area (Å²) in [7, 11) is -2.13. The van der Waals surface area contributed by atoms with E-state index in [1.165, 1.54) is 7.11 Å². The molecule has 0 heterocycles. The number of ether oxygens (including phenoxy) is 2. The van der Waals surface area contributed by atoms with Crippen LogP contribution in [0.4, 0.5) is 0 Å². The predicted octanol–water partition coefficient (Wildman–Crippen LogP) is 2.47. The van der Waals surface area contributed by atoms with Gasteiger partial charge in [0.2, 0.25) is 10.0 Å². The van der Waals surface area contributed by atoms with E-state index in [4.69, 9.17) is 9.47 Å². The SMILES string of the molecule is CCOCCCNS(=O)(=O)c1cc(Br)c(C)cc1OC. The van der Waals surface area contributed by atoms with Gasteiger partial charge in [-0.1, -0.05) is 15.9 Å². The molecule has 7 heteroatoms. The average Bonchev–Trinajstić information content (AvgIpc) is 2.41. The number of methoxy groups -OCH3 is 1. The molecular weight excluding hydrogens is 346 g/mol. The van der Waals surface area contributed by atoms with Crippen LogP contribution in [-0.2, 0) is 14.8 Å². The van der Waals surface area contributed by atoms with E-state index in [-0.39, 0.29) is 4.90 Å². The zero-order valence-corrected chi connectivity index (χ0v) is 14.3. The standard InChI is InChI=1S/C13H20BrNO4S/c1-4-19-7-5-6-15-20(16,17)13-9-11(14)10(2)8-12(13)18-3/h8-9,15H,4-7H2,1-3H3. The van der Waals surface area contributed by atoms with Crippen molar-refractivity contribution in [3.8, 4) is 5.75 Å². The van der Waals surface area contributed by atoms with Gasteiger partial charge in [-0.3, -0.25) is 0 Å². The molecule has 0 unspecified atom stereocenters. The third-order valence-electron chi connectivity index (χ3n) is 2.70. The Bertz CT molecular complexity index is 546. The monoisotopic (exact) mass is 365 g/mol. The lowest BCUT2D eigenvalue weighted by Crippen LogP contribution is -2.26. The maximum Gasteiger partial charge on any atom is 0.244 e. The first kappa shape index (κ1) is 17.4. The molecule has 0 spiro atoms. The van der Waals surface area contributed by atoms with Gasteiger partial charge in [0.1, 0.15) is 10.6 Å². The second-order valence-electron chi connectivity index (χ2n) is 4.20. The fourth-order valence-corrected chi connectivity index (χ4v) is 3.35. The number of sulfonamides is 1. The van der Waals surface area contributed by atoms with Crippen LogP contribution in [0.5, 0.6) is 5.75 Å². The minimum Gasteiger partial charge on any atom is -0.495 e. The lowest BCUT2D eigenvalue weighted by atomic mass is 10.2. The molecule has 0 fully saturated rings. The van der Waals surface area contributed by atoms with Crippen molar-refractivity contribution in [1.82, 2.24) is 4.72 Å². The van der Waals surface area contributed by atoms with E-state index in [0.29, 0.717) is 31.9 Å². The molecule has 5 nitrogen and oxygen atoms in total. The zero-order valence-electron chi connectivity index (χ0n) is 11.9. The van der Waals surface area contributed by atoms with Crippen LogP contribution in [0.2, 0.25) is 0 Å². The van der Waals surface area contributed by atoms with Crippen molar-refractivity contribution in [2.45, 2.75) is 25.2 Å². The predicted molar refractivity (Wildman–Crippen MR) is 81.7 cm³/mol. The minimum atomic E-state index is -3.59. The highest BCUT2D eigenvalue weighted by Crippen LogP contribution is 2.30. The summed E-state index contributed by atoms with van der Waals surface area (Å²) >= 11 is 3.34. The summed E-state index contributed by atoms with van der Waals surface area (Å²) in [5.74, 6) is 0.336. The molecule has 1 N–H and O–H groups in total. The second-order valence-corrected chi connectivity index (χ2v) is 6.79. The van der Waals surface area contributed by atoms with E-state index in [1.807, 2.05) is 13.8 Å². The van der Waals surface area contributed by atoms with Crippen molar-refractivity contribution >= 4 is 26.0 Å². The number of aryl methyl sites for hydroxylation is 1. The maximum absolute atomic E-state index is 12.3. The number of nitrogens with one attached hydrogen (secondary N) is 1. The third-order valence-corrected chi connectivity index (χ3v) is 5.03. The summed E-state index contributed by atoms with van der Waals surface area (Å²) < 4.78 is 38.1. The number of hydrogen-bond donors (Lipinski definition) is 1. The molecule has 114 valence electrons. The lowest BCUT2D eigenvalue weighted by Gasteiger charge is -2.12. The van der Waals surface area contributed by atoms with Crippen LogP contribution in [0.3, 0.4) is 0 Å². The van der Waals surface area contributed by atoms with Gasteiger partial charge in [0.25, 0.3) is 0 Å². The number of rotatable bonds is 8. The van der Waals surface area contributed by atoms with Gasteiger partial charge in [0, 0.05) is 24.2 Å². The molecule has 0 atom stereocenters. The molecule has 0 bridgehead atoms. The Balaban J connectivity index is 2.84. The van der Waals surface area contributed by atoms with Crippen LogP contribution in [0.25, 0.3) is 0 Å². The number of hydrogen-bond acceptors (Lipinski definition) is 4. The van der Waals surface area contributed by atoms with Gasteiger partial charge in [-0.25, -0.2) is 13.1 Å². The summed E-state index contributed by atoms with van der Waals surface area (Å²) in [4.78, 5) is 0.133. The van der Waals surface area contributed by atoms with E-state index in [9.17, 15) is 8.42 Å². The fourth-order valence-electron chi connectivity index (χ4n) is 1.61. The first-order valence-corrected chi connectivity index (χ1v) is 8.61. The number of halogens is 1. The van der Waals surface area contributed by atoms with Crippen molar-refractivity contribution in [3.63, 3.8) is 0 Å². The van der Waals surface area contributed by atoms with E-state index in [2.05, 4.69) is 20.7 Å². The van der Waals surface area contributed by atoms with Gasteiger partial charge in [0.05, 0.1) is 7.11 Å². The highest BCUT2D eigenvalue weighted by molar-refractivity contribution is 9.10. The lowest BCUT2D eigenvalue weighted by molar-refractivity contribution is 0.146. The van der Waals surface area contributed by atoms with Crippen molar-refractivity contribution in [2.75, 3.05) is 26.9 Å². The molecule has 0 amide bonds. The first-order chi connectivity index (χ1) is 9.42. The molecule has 0 aliphatic heterocycles. The van der Waals surface area contributed by atoms with Gasteiger partial charge in [-0.2, -0.15) is 0 Å². The molecular formula is C13H20BrNO4S. The minimum absolute atomic E-state index is 0.133. The van der Waals surface area contributed by atoms with Gasteiger partial charge in [-0.15, -0.1) is 0 Å². The first-order valence-electron chi connectivity index (χ1n) is 6.34. The van der Waals surface area contributed by atoms with E-state index in [1.54, 1.807) is 12.1 Å². The summed E-state index contributed by atoms with van der Waals surface area (Å²) in [5, 5.41) is 0. The van der Waals surface area contributed by atoms with Gasteiger partial charge in [-0.05, 0) is 38.0 Å². The summed E-state index contributed by atoms with van der Waals surface area (Å²) in [5.41, 5.74) is 0.914. The maximum atomic E-state index is 12.3. The molecule has 1 aromatic rings. The highest BCUT2D eigenvalue weighted by atomic mass is 79.9. The van der Waals surface area contributed by atoms with Crippen molar-refractivity contribution in [3.05, 3.63) is 22.2 Å². The molecule has 20 heavy (non-hydrogen) atoms. The highest BCUT2D eigenvalue weighted by Gasteiger charge is 2.20. The molecule has 1 aromatic carbocycles. The second kappa shape index (κ2) is 7.97. The number of benzene rings is 1. The summed E-state index contributed by atoms with van der Waals surface area (Å²) in [6.07, 6.45) is 0.627. The Morgan fingerprint density at radius 3 is 2.65 bits per heavy atom. The van der Waals surface area contributed by atoms with Crippen LogP contribution in [0.15, 0.2) is 21.5 Å². The molecule has 1 rings (SSSR count). The van der Waals surface area contributed by atoms with Crippen LogP contribution in [0, 0.1) is 6.92 Å². The van der Waals surface area contributed by atoms with Crippen LogP contribution in [0.1, 0.15) is 18.9 Å². The molecule has 0 aliphatic carbocycles. The Morgan fingerprint density at radius 2 is 2.05 bits per heavy atom. The molecule has 0 saturated heterocycles. The van der Waals surface area contributed by atoms with Gasteiger partial charge in [0.15, 0.2) is 0 Å². The van der Waals surface area contributed by atoms with E-state index < -0.39 is 10.0 Å². The summed E-state index contributed by atoms with van der Waals surface area (Å²) in [6.45, 7) is 5.27. The average molecular weight is 366 g/mol. The van der Waals surface area contributed by atoms with Crippen molar-refractivity contribution < 1.29 is 17.9 Å². The largest absolute Gasteiger partial charge is 0.495 e. The van der Waals surface area contributed by atoms with Crippen LogP contribution >= 0.6 is 15.9 Å². The smallest absolute Gasteiger partial charge is 0.244 e. The van der Waals surface area contributed by atoms with Crippen LogP contribution in [-0.4, -0.2) is 35.3 Å². The topological polar surface area (TPSA) is 64.6 Å². The van der Waals surface area contributed by atoms with Gasteiger partial charge >= 0.3 is 0 Å². The van der Waals surface area contributed by atoms with E-state index >= 15 is 0 Å². The Kier molecular flexibility index (Phi) is 6.94. The van der Waals surface area contributed by atoms with Crippen molar-refractivity contribution in [1.29, 1.82) is 0 Å². The Morgan fingerprint density at radius 1 is 1.35 bits per heavy atom. The zero-order chi connectivity index (χ0) is 15.2. The normalized spacial score (nSPS) is 11.6. The third kappa shape index (κ3) is 4.73. The molecule has 0 aliphatic rings. The molecule has 0 radical (unpaired) electrons. The Labute approximate surface area is 128 Å². The molecule has 0 saturated carbocycles. The van der Waals surface area contributed by atoms with Gasteiger partial charge < -0.3 is 9.47 Å². The fraction of sp³-hybridized carbons (Fsp3) is 0.538. The quantitative estimate of drug-likeness (QED) is 0.718.